The maximum atomic E-state index is 6.52. The highest BCUT2D eigenvalue weighted by molar-refractivity contribution is 7.26. The fraction of sp³-hybridized carbons (Fsp3) is 0.0833. The van der Waals surface area contributed by atoms with Gasteiger partial charge in [0.1, 0.15) is 0 Å². The molecular formula is C72H50BClN6O2S2. The van der Waals surface area contributed by atoms with E-state index in [-0.39, 0.29) is 18.3 Å². The van der Waals surface area contributed by atoms with Gasteiger partial charge >= 0.3 is 7.12 Å². The van der Waals surface area contributed by atoms with Crippen LogP contribution < -0.4 is 5.46 Å². The Morgan fingerprint density at radius 3 is 1.33 bits per heavy atom. The van der Waals surface area contributed by atoms with Gasteiger partial charge in [0, 0.05) is 81.6 Å². The molecule has 1 aliphatic rings. The summed E-state index contributed by atoms with van der Waals surface area (Å²) in [6.45, 7) is 8.27. The van der Waals surface area contributed by atoms with E-state index in [0.29, 0.717) is 0 Å². The molecule has 16 aromatic rings. The van der Waals surface area contributed by atoms with E-state index >= 15 is 0 Å². The lowest BCUT2D eigenvalue weighted by molar-refractivity contribution is 0.00578. The summed E-state index contributed by atoms with van der Waals surface area (Å²) in [5.41, 5.74) is 14.6. The molecule has 8 aromatic heterocycles. The zero-order chi connectivity index (χ0) is 56.7. The number of aromatic nitrogens is 6. The smallest absolute Gasteiger partial charge is 0.399 e. The van der Waals surface area contributed by atoms with Crippen LogP contribution in [0.4, 0.5) is 0 Å². The summed E-state index contributed by atoms with van der Waals surface area (Å²) in [5, 5.41) is 9.81. The second-order valence-corrected chi connectivity index (χ2v) is 24.6. The number of nitrogens with zero attached hydrogens (tertiary/aromatic N) is 6. The minimum atomic E-state index is -0.355. The summed E-state index contributed by atoms with van der Waals surface area (Å²) in [7, 11) is -0.355. The maximum Gasteiger partial charge on any atom is 0.494 e. The van der Waals surface area contributed by atoms with Crippen LogP contribution in [0.3, 0.4) is 0 Å². The maximum absolute atomic E-state index is 6.52. The summed E-state index contributed by atoms with van der Waals surface area (Å²) in [6.07, 6.45) is 3.65. The largest absolute Gasteiger partial charge is 0.494 e. The van der Waals surface area contributed by atoms with Crippen molar-refractivity contribution in [3.63, 3.8) is 0 Å². The van der Waals surface area contributed by atoms with E-state index < -0.39 is 0 Å². The van der Waals surface area contributed by atoms with Crippen LogP contribution in [-0.4, -0.2) is 48.2 Å². The fourth-order valence-corrected chi connectivity index (χ4v) is 14.0. The minimum absolute atomic E-state index is 0.343. The summed E-state index contributed by atoms with van der Waals surface area (Å²) < 4.78 is 17.1. The Morgan fingerprint density at radius 2 is 0.786 bits per heavy atom. The van der Waals surface area contributed by atoms with Crippen molar-refractivity contribution in [1.82, 2.24) is 29.9 Å². The first-order valence-corrected chi connectivity index (χ1v) is 29.9. The molecule has 0 saturated carbocycles. The lowest BCUT2D eigenvalue weighted by atomic mass is 9.79. The molecule has 84 heavy (non-hydrogen) atoms. The quantitative estimate of drug-likeness (QED) is 0.127. The van der Waals surface area contributed by atoms with Gasteiger partial charge in [0.2, 0.25) is 0 Å². The van der Waals surface area contributed by atoms with E-state index in [2.05, 4.69) is 208 Å². The van der Waals surface area contributed by atoms with Crippen LogP contribution in [0.5, 0.6) is 0 Å². The number of rotatable bonds is 4. The van der Waals surface area contributed by atoms with Gasteiger partial charge in [-0.25, -0.2) is 19.9 Å². The van der Waals surface area contributed by atoms with Crippen molar-refractivity contribution in [2.45, 2.75) is 38.9 Å². The molecule has 0 atom stereocenters. The molecule has 12 heteroatoms. The van der Waals surface area contributed by atoms with Crippen molar-refractivity contribution >= 4 is 153 Å². The first-order valence-electron chi connectivity index (χ1n) is 27.9. The van der Waals surface area contributed by atoms with Gasteiger partial charge in [0.25, 0.3) is 0 Å². The molecule has 0 N–H and O–H groups in total. The van der Waals surface area contributed by atoms with Gasteiger partial charge in [-0.1, -0.05) is 181 Å². The summed E-state index contributed by atoms with van der Waals surface area (Å²) >= 11 is 10.0. The molecular weight excluding hydrogens is 1090 g/mol. The molecule has 1 fully saturated rings. The van der Waals surface area contributed by atoms with Gasteiger partial charge in [0.05, 0.1) is 81.1 Å². The Balaban J connectivity index is 0.000000114. The van der Waals surface area contributed by atoms with Crippen molar-refractivity contribution in [1.29, 1.82) is 0 Å². The van der Waals surface area contributed by atoms with Gasteiger partial charge in [-0.3, -0.25) is 9.97 Å². The van der Waals surface area contributed by atoms with Gasteiger partial charge in [0.15, 0.2) is 0 Å². The first-order chi connectivity index (χ1) is 41.0. The lowest BCUT2D eigenvalue weighted by Crippen LogP contribution is -2.41. The van der Waals surface area contributed by atoms with E-state index in [9.17, 15) is 0 Å². The Bertz CT molecular complexity index is 5250. The SMILES string of the molecule is CC1(C)OB(c2ccc(-c3ccc4ccc5cccnc5c4n3)cc2)OC1(C)C.Clc1c2ccccc2nc2c1sc1ccccc12.c1cnc2c(c1)ccc1ccc(-c3ccc(-c4c5ccccc5nc5c4sc4ccccc45)cc3)nc12. The van der Waals surface area contributed by atoms with Crippen LogP contribution in [0.2, 0.25) is 5.02 Å². The number of hydrogen-bond acceptors (Lipinski definition) is 10. The molecule has 1 saturated heterocycles. The number of halogens is 1. The van der Waals surface area contributed by atoms with E-state index in [0.717, 1.165) is 109 Å². The molecule has 0 unspecified atom stereocenters. The average molecular weight is 1140 g/mol. The third kappa shape index (κ3) is 9.07. The molecule has 9 heterocycles. The Hall–Kier alpha value is -9.07. The third-order valence-corrected chi connectivity index (χ3v) is 19.3. The fourth-order valence-electron chi connectivity index (χ4n) is 11.3. The van der Waals surface area contributed by atoms with Crippen molar-refractivity contribution in [3.8, 4) is 33.6 Å². The molecule has 0 bridgehead atoms. The van der Waals surface area contributed by atoms with Gasteiger partial charge < -0.3 is 9.31 Å². The van der Waals surface area contributed by atoms with E-state index in [4.69, 9.17) is 40.8 Å². The summed E-state index contributed by atoms with van der Waals surface area (Å²) in [6, 6.07) is 75.2. The molecule has 8 nitrogen and oxygen atoms in total. The lowest BCUT2D eigenvalue weighted by Gasteiger charge is -2.32. The van der Waals surface area contributed by atoms with E-state index in [1.54, 1.807) is 11.3 Å². The Kier molecular flexibility index (Phi) is 12.7. The Labute approximate surface area is 497 Å². The molecule has 0 amide bonds. The van der Waals surface area contributed by atoms with Gasteiger partial charge in [-0.15, -0.1) is 22.7 Å². The molecule has 0 aliphatic carbocycles. The monoisotopic (exact) mass is 1140 g/mol. The molecule has 8 aromatic carbocycles. The summed E-state index contributed by atoms with van der Waals surface area (Å²) in [5.74, 6) is 0. The van der Waals surface area contributed by atoms with Crippen LogP contribution in [0.25, 0.3) is 140 Å². The highest BCUT2D eigenvalue weighted by Gasteiger charge is 2.51. The highest BCUT2D eigenvalue weighted by Crippen LogP contribution is 2.44. The van der Waals surface area contributed by atoms with Gasteiger partial charge in [-0.2, -0.15) is 0 Å². The number of benzene rings is 8. The van der Waals surface area contributed by atoms with Crippen LogP contribution >= 0.6 is 34.3 Å². The number of fused-ring (bicyclic) bond motifs is 14. The molecule has 17 rings (SSSR count). The van der Waals surface area contributed by atoms with Crippen LogP contribution in [0.1, 0.15) is 27.7 Å². The molecule has 0 radical (unpaired) electrons. The minimum Gasteiger partial charge on any atom is -0.399 e. The second-order valence-electron chi connectivity index (χ2n) is 22.1. The third-order valence-electron chi connectivity index (χ3n) is 16.4. The van der Waals surface area contributed by atoms with Crippen LogP contribution in [-0.2, 0) is 9.31 Å². The average Bonchev–Trinajstić information content (AvgIpc) is 4.29. The Morgan fingerprint density at radius 1 is 0.369 bits per heavy atom. The van der Waals surface area contributed by atoms with E-state index in [1.165, 1.54) is 41.4 Å². The van der Waals surface area contributed by atoms with Crippen LogP contribution in [0.15, 0.2) is 231 Å². The van der Waals surface area contributed by atoms with Crippen molar-refractivity contribution in [3.05, 3.63) is 236 Å². The predicted octanol–water partition coefficient (Wildman–Crippen LogP) is 19.0. The normalized spacial score (nSPS) is 13.8. The number of para-hydroxylation sites is 2. The molecule has 402 valence electrons. The van der Waals surface area contributed by atoms with Gasteiger partial charge in [-0.05, 0) is 87.3 Å². The van der Waals surface area contributed by atoms with Crippen molar-refractivity contribution in [2.24, 2.45) is 0 Å². The number of hydrogen-bond donors (Lipinski definition) is 0. The highest BCUT2D eigenvalue weighted by atomic mass is 35.5. The van der Waals surface area contributed by atoms with E-state index in [1.807, 2.05) is 72.3 Å². The first kappa shape index (κ1) is 51.8. The topological polar surface area (TPSA) is 95.8 Å². The second kappa shape index (κ2) is 20.7. The standard InChI is InChI=1S/C33H19N3S.C24H23BN2O2.C15H8ClNS/c1-3-9-27-24(7-1)29(33-32(36-27)25-8-2-4-10-28(25)37-33)21-13-11-20(12-14-21)26-18-17-23-16-15-22-6-5-19-34-30(22)31(23)35-26;1-23(2)24(3,4)29-25(28-23)19-12-9-16(10-13-19)20-14-11-18-8-7-17-6-5-15-26-21(17)22(18)27-20;16-13-9-5-1-3-7-11(9)17-14-10-6-2-4-8-12(10)18-15(13)14/h1-19H;5-15H,1-4H3;1-8H. The number of pyridine rings is 6. The summed E-state index contributed by atoms with van der Waals surface area (Å²) in [4.78, 5) is 28.9. The molecule has 0 spiro atoms. The molecule has 1 aliphatic heterocycles. The van der Waals surface area contributed by atoms with Crippen molar-refractivity contribution in [2.75, 3.05) is 0 Å². The zero-order valence-electron chi connectivity index (χ0n) is 46.2. The number of thiophene rings is 2. The van der Waals surface area contributed by atoms with Crippen LogP contribution in [0, 0.1) is 0 Å². The predicted molar refractivity (Wildman–Crippen MR) is 354 cm³/mol. The van der Waals surface area contributed by atoms with Crippen molar-refractivity contribution < 1.29 is 9.31 Å². The zero-order valence-corrected chi connectivity index (χ0v) is 48.6.